The molecule has 2 aromatic rings. The van der Waals surface area contributed by atoms with Gasteiger partial charge in [-0.25, -0.2) is 0 Å². The van der Waals surface area contributed by atoms with Crippen molar-refractivity contribution in [2.75, 3.05) is 6.54 Å². The molecule has 108 valence electrons. The minimum Gasteiger partial charge on any atom is -0.313 e. The third-order valence-corrected chi connectivity index (χ3v) is 3.49. The highest BCUT2D eigenvalue weighted by Crippen LogP contribution is 2.24. The van der Waals surface area contributed by atoms with Crippen molar-refractivity contribution in [2.24, 2.45) is 0 Å². The summed E-state index contributed by atoms with van der Waals surface area (Å²) in [4.78, 5) is 0. The molecule has 3 heteroatoms. The molecule has 20 heavy (non-hydrogen) atoms. The lowest BCUT2D eigenvalue weighted by Crippen LogP contribution is -2.13. The highest BCUT2D eigenvalue weighted by molar-refractivity contribution is 5.64. The molecule has 0 aliphatic carbocycles. The second-order valence-electron chi connectivity index (χ2n) is 5.27. The highest BCUT2D eigenvalue weighted by Gasteiger charge is 2.08. The predicted octanol–water partition coefficient (Wildman–Crippen LogP) is 3.77. The Kier molecular flexibility index (Phi) is 5.36. The largest absolute Gasteiger partial charge is 0.313 e. The highest BCUT2D eigenvalue weighted by atomic mass is 15.3. The van der Waals surface area contributed by atoms with Crippen molar-refractivity contribution in [3.63, 3.8) is 0 Å². The third-order valence-electron chi connectivity index (χ3n) is 3.49. The molecule has 0 atom stereocenters. The van der Waals surface area contributed by atoms with Crippen LogP contribution >= 0.6 is 0 Å². The zero-order valence-corrected chi connectivity index (χ0v) is 12.8. The van der Waals surface area contributed by atoms with E-state index in [1.165, 1.54) is 28.8 Å². The number of benzene rings is 1. The van der Waals surface area contributed by atoms with Gasteiger partial charge in [-0.3, -0.25) is 4.68 Å². The van der Waals surface area contributed by atoms with E-state index >= 15 is 0 Å². The smallest absolute Gasteiger partial charge is 0.0684 e. The summed E-state index contributed by atoms with van der Waals surface area (Å²) in [5.41, 5.74) is 5.17. The van der Waals surface area contributed by atoms with Crippen LogP contribution in [0.3, 0.4) is 0 Å². The molecule has 0 unspecified atom stereocenters. The van der Waals surface area contributed by atoms with E-state index in [-0.39, 0.29) is 0 Å². The van der Waals surface area contributed by atoms with Gasteiger partial charge in [0, 0.05) is 24.8 Å². The first-order chi connectivity index (χ1) is 9.76. The number of aromatic nitrogens is 2. The van der Waals surface area contributed by atoms with Gasteiger partial charge >= 0.3 is 0 Å². The minimum atomic E-state index is 0.934. The van der Waals surface area contributed by atoms with Gasteiger partial charge in [0.15, 0.2) is 0 Å². The Labute approximate surface area is 122 Å². The summed E-state index contributed by atoms with van der Waals surface area (Å²) in [6, 6.07) is 8.83. The van der Waals surface area contributed by atoms with E-state index in [2.05, 4.69) is 60.1 Å². The van der Waals surface area contributed by atoms with Crippen molar-refractivity contribution in [2.45, 2.75) is 46.7 Å². The van der Waals surface area contributed by atoms with Crippen LogP contribution < -0.4 is 5.32 Å². The van der Waals surface area contributed by atoms with Crippen LogP contribution in [-0.2, 0) is 13.1 Å². The lowest BCUT2D eigenvalue weighted by atomic mass is 10.0. The molecule has 1 N–H and O–H groups in total. The minimum absolute atomic E-state index is 0.934. The third kappa shape index (κ3) is 3.48. The van der Waals surface area contributed by atoms with Gasteiger partial charge in [0.2, 0.25) is 0 Å². The van der Waals surface area contributed by atoms with Crippen LogP contribution in [0.1, 0.15) is 37.8 Å². The van der Waals surface area contributed by atoms with Crippen LogP contribution in [0.25, 0.3) is 11.3 Å². The van der Waals surface area contributed by atoms with Crippen LogP contribution in [-0.4, -0.2) is 16.3 Å². The van der Waals surface area contributed by atoms with E-state index in [0.29, 0.717) is 0 Å². The molecular weight excluding hydrogens is 246 g/mol. The van der Waals surface area contributed by atoms with Gasteiger partial charge in [-0.15, -0.1) is 0 Å². The SMILES string of the molecule is CCCNCc1ccc(C)c(-c2ccnn2CCC)c1. The molecule has 1 aromatic heterocycles. The maximum absolute atomic E-state index is 4.43. The summed E-state index contributed by atoms with van der Waals surface area (Å²) in [7, 11) is 0. The molecule has 0 aliphatic rings. The second kappa shape index (κ2) is 7.25. The fourth-order valence-corrected chi connectivity index (χ4v) is 2.42. The Hall–Kier alpha value is -1.61. The molecule has 2 rings (SSSR count). The van der Waals surface area contributed by atoms with Gasteiger partial charge in [-0.1, -0.05) is 26.0 Å². The monoisotopic (exact) mass is 271 g/mol. The Bertz CT molecular complexity index is 543. The molecule has 0 amide bonds. The summed E-state index contributed by atoms with van der Waals surface area (Å²) in [5, 5.41) is 7.89. The first-order valence-electron chi connectivity index (χ1n) is 7.58. The lowest BCUT2D eigenvalue weighted by Gasteiger charge is -2.11. The number of hydrogen-bond acceptors (Lipinski definition) is 2. The lowest BCUT2D eigenvalue weighted by molar-refractivity contribution is 0.608. The second-order valence-corrected chi connectivity index (χ2v) is 5.27. The van der Waals surface area contributed by atoms with Gasteiger partial charge in [0.05, 0.1) is 5.69 Å². The molecule has 0 fully saturated rings. The van der Waals surface area contributed by atoms with E-state index in [4.69, 9.17) is 0 Å². The fourth-order valence-electron chi connectivity index (χ4n) is 2.42. The normalized spacial score (nSPS) is 10.9. The number of rotatable bonds is 7. The molecule has 0 radical (unpaired) electrons. The predicted molar refractivity (Wildman–Crippen MR) is 84.7 cm³/mol. The van der Waals surface area contributed by atoms with Crippen LogP contribution in [0, 0.1) is 6.92 Å². The van der Waals surface area contributed by atoms with E-state index in [1.54, 1.807) is 0 Å². The van der Waals surface area contributed by atoms with Gasteiger partial charge in [0.25, 0.3) is 0 Å². The maximum Gasteiger partial charge on any atom is 0.0684 e. The van der Waals surface area contributed by atoms with E-state index in [0.717, 1.165) is 26.1 Å². The van der Waals surface area contributed by atoms with Crippen molar-refractivity contribution >= 4 is 0 Å². The first-order valence-corrected chi connectivity index (χ1v) is 7.58. The zero-order chi connectivity index (χ0) is 14.4. The summed E-state index contributed by atoms with van der Waals surface area (Å²) < 4.78 is 2.10. The fraction of sp³-hybridized carbons (Fsp3) is 0.471. The molecule has 1 heterocycles. The first kappa shape index (κ1) is 14.8. The average molecular weight is 271 g/mol. The molecule has 0 saturated heterocycles. The Balaban J connectivity index is 2.25. The number of aryl methyl sites for hydroxylation is 2. The molecule has 1 aromatic carbocycles. The topological polar surface area (TPSA) is 29.9 Å². The van der Waals surface area contributed by atoms with Crippen molar-refractivity contribution in [3.05, 3.63) is 41.6 Å². The van der Waals surface area contributed by atoms with Crippen molar-refractivity contribution in [1.82, 2.24) is 15.1 Å². The van der Waals surface area contributed by atoms with E-state index < -0.39 is 0 Å². The Morgan fingerprint density at radius 3 is 2.75 bits per heavy atom. The van der Waals surface area contributed by atoms with Gasteiger partial charge in [-0.2, -0.15) is 5.10 Å². The van der Waals surface area contributed by atoms with E-state index in [9.17, 15) is 0 Å². The summed E-state index contributed by atoms with van der Waals surface area (Å²) in [6.45, 7) is 9.52. The summed E-state index contributed by atoms with van der Waals surface area (Å²) >= 11 is 0. The molecule has 3 nitrogen and oxygen atoms in total. The molecule has 0 aliphatic heterocycles. The van der Waals surface area contributed by atoms with Crippen molar-refractivity contribution in [1.29, 1.82) is 0 Å². The standard InChI is InChI=1S/C17H25N3/c1-4-9-18-13-15-7-6-14(3)16(12-15)17-8-10-19-20(17)11-5-2/h6-8,10,12,18H,4-5,9,11,13H2,1-3H3. The molecule has 0 spiro atoms. The van der Waals surface area contributed by atoms with Crippen molar-refractivity contribution in [3.8, 4) is 11.3 Å². The van der Waals surface area contributed by atoms with Gasteiger partial charge in [0.1, 0.15) is 0 Å². The van der Waals surface area contributed by atoms with Crippen LogP contribution in [0.15, 0.2) is 30.5 Å². The number of nitrogens with zero attached hydrogens (tertiary/aromatic N) is 2. The Morgan fingerprint density at radius 1 is 1.15 bits per heavy atom. The maximum atomic E-state index is 4.43. The van der Waals surface area contributed by atoms with Crippen molar-refractivity contribution < 1.29 is 0 Å². The number of nitrogens with one attached hydrogen (secondary N) is 1. The van der Waals surface area contributed by atoms with Gasteiger partial charge < -0.3 is 5.32 Å². The van der Waals surface area contributed by atoms with Crippen LogP contribution in [0.4, 0.5) is 0 Å². The van der Waals surface area contributed by atoms with E-state index in [1.807, 2.05) is 6.20 Å². The zero-order valence-electron chi connectivity index (χ0n) is 12.8. The molecular formula is C17H25N3. The molecule has 0 saturated carbocycles. The number of hydrogen-bond donors (Lipinski definition) is 1. The van der Waals surface area contributed by atoms with Crippen LogP contribution in [0.5, 0.6) is 0 Å². The average Bonchev–Trinajstić information content (AvgIpc) is 2.89. The Morgan fingerprint density at radius 2 is 2.00 bits per heavy atom. The summed E-state index contributed by atoms with van der Waals surface area (Å²) in [6.07, 6.45) is 4.17. The quantitative estimate of drug-likeness (QED) is 0.777. The van der Waals surface area contributed by atoms with Crippen LogP contribution in [0.2, 0.25) is 0 Å². The van der Waals surface area contributed by atoms with Gasteiger partial charge in [-0.05, 0) is 49.6 Å². The molecule has 0 bridgehead atoms. The summed E-state index contributed by atoms with van der Waals surface area (Å²) in [5.74, 6) is 0.